The molecule has 1 aromatic carbocycles. The van der Waals surface area contributed by atoms with E-state index in [4.69, 9.17) is 16.3 Å². The molecule has 1 spiro atoms. The number of carbonyl (C=O) groups is 3. The first kappa shape index (κ1) is 23.5. The Morgan fingerprint density at radius 1 is 1.24 bits per heavy atom. The first-order valence-corrected chi connectivity index (χ1v) is 12.8. The van der Waals surface area contributed by atoms with E-state index in [1.54, 1.807) is 30.0 Å². The Kier molecular flexibility index (Phi) is 6.25. The van der Waals surface area contributed by atoms with Crippen LogP contribution in [0.25, 0.3) is 0 Å². The summed E-state index contributed by atoms with van der Waals surface area (Å²) in [4.78, 5) is 44.4. The van der Waals surface area contributed by atoms with Gasteiger partial charge in [0.05, 0.1) is 46.5 Å². The molecule has 6 atom stereocenters. The monoisotopic (exact) mass is 502 g/mol. The van der Waals surface area contributed by atoms with Crippen LogP contribution in [0.15, 0.2) is 48.6 Å². The van der Waals surface area contributed by atoms with Crippen molar-refractivity contribution < 1.29 is 24.2 Å². The van der Waals surface area contributed by atoms with Crippen molar-refractivity contribution in [2.75, 3.05) is 24.7 Å². The van der Waals surface area contributed by atoms with E-state index in [-0.39, 0.29) is 23.7 Å². The number of cyclic esters (lactones) is 1. The zero-order valence-electron chi connectivity index (χ0n) is 18.8. The molecule has 0 saturated carbocycles. The topological polar surface area (TPSA) is 87.2 Å². The van der Waals surface area contributed by atoms with Gasteiger partial charge in [0.15, 0.2) is 0 Å². The van der Waals surface area contributed by atoms with E-state index in [1.807, 2.05) is 30.4 Å². The highest BCUT2D eigenvalue weighted by Gasteiger charge is 2.71. The number of carbonyl (C=O) groups excluding carboxylic acids is 3. The third-order valence-corrected chi connectivity index (χ3v) is 9.24. The number of benzene rings is 1. The third kappa shape index (κ3) is 3.49. The first-order chi connectivity index (χ1) is 16.4. The molecule has 9 heteroatoms. The van der Waals surface area contributed by atoms with Crippen LogP contribution in [0.1, 0.15) is 19.8 Å². The lowest BCUT2D eigenvalue weighted by molar-refractivity contribution is -0.153. The number of thioether (sulfide) groups is 1. The Labute approximate surface area is 207 Å². The molecule has 7 nitrogen and oxygen atoms in total. The second kappa shape index (κ2) is 9.06. The maximum Gasteiger partial charge on any atom is 0.311 e. The van der Waals surface area contributed by atoms with Gasteiger partial charge in [0.1, 0.15) is 6.04 Å². The quantitative estimate of drug-likeness (QED) is 0.505. The molecule has 1 aromatic rings. The number of amides is 2. The molecule has 0 aromatic heterocycles. The standard InChI is InChI=1S/C25H27ClN2O5S/c1-15(14-29)28-21-23(31)27(17-9-5-4-8-16(17)26)12-7-11-25(21)20(22(28)30)19-18(34-25)10-3-2-6-13-33-24(19)32/h3-5,7-11,15,18-21,29H,2,6,12-14H2,1H3/b10-3-/t15-,18+,19-,20+,21?,25+/m1/s1. The highest BCUT2D eigenvalue weighted by Crippen LogP contribution is 2.61. The van der Waals surface area contributed by atoms with E-state index in [0.717, 1.165) is 12.8 Å². The van der Waals surface area contributed by atoms with Gasteiger partial charge >= 0.3 is 5.97 Å². The number of ether oxygens (including phenoxy) is 1. The molecule has 4 aliphatic heterocycles. The van der Waals surface area contributed by atoms with Gasteiger partial charge in [-0.3, -0.25) is 14.4 Å². The number of para-hydroxylation sites is 1. The molecule has 34 heavy (non-hydrogen) atoms. The maximum atomic E-state index is 14.2. The van der Waals surface area contributed by atoms with Crippen LogP contribution in [-0.4, -0.2) is 69.6 Å². The number of nitrogens with zero attached hydrogens (tertiary/aromatic N) is 2. The number of anilines is 1. The molecule has 4 aliphatic rings. The number of likely N-dealkylation sites (tertiary alicyclic amines) is 1. The minimum atomic E-state index is -0.953. The van der Waals surface area contributed by atoms with E-state index in [9.17, 15) is 19.5 Å². The number of aliphatic hydroxyl groups is 1. The number of fused-ring (bicyclic) bond motifs is 2. The van der Waals surface area contributed by atoms with E-state index < -0.39 is 34.6 Å². The first-order valence-electron chi connectivity index (χ1n) is 11.6. The van der Waals surface area contributed by atoms with Crippen LogP contribution < -0.4 is 4.90 Å². The predicted molar refractivity (Wildman–Crippen MR) is 131 cm³/mol. The van der Waals surface area contributed by atoms with Gasteiger partial charge in [0.2, 0.25) is 5.91 Å². The Balaban J connectivity index is 1.65. The second-order valence-corrected chi connectivity index (χ2v) is 11.1. The molecule has 180 valence electrons. The van der Waals surface area contributed by atoms with Crippen molar-refractivity contribution in [2.45, 2.75) is 41.8 Å². The Bertz CT molecular complexity index is 1080. The van der Waals surface area contributed by atoms with Crippen LogP contribution in [0.4, 0.5) is 5.69 Å². The SMILES string of the molecule is C[C@H](CO)N1C(=O)[C@@H]2[C@@H]3C(=O)OCCC/C=C\[C@@H]3S[C@@]23C=CCN(c2ccccc2Cl)C(=O)C13. The van der Waals surface area contributed by atoms with E-state index >= 15 is 0 Å². The molecule has 1 N–H and O–H groups in total. The fraction of sp³-hybridized carbons (Fsp3) is 0.480. The molecule has 4 heterocycles. The number of esters is 1. The summed E-state index contributed by atoms with van der Waals surface area (Å²) < 4.78 is 4.59. The average molecular weight is 503 g/mol. The fourth-order valence-corrected chi connectivity index (χ4v) is 7.87. The molecular formula is C25H27ClN2O5S. The molecule has 0 radical (unpaired) electrons. The van der Waals surface area contributed by atoms with E-state index in [0.29, 0.717) is 23.9 Å². The molecule has 0 aliphatic carbocycles. The molecule has 5 rings (SSSR count). The van der Waals surface area contributed by atoms with Gasteiger partial charge in [-0.05, 0) is 31.9 Å². The summed E-state index contributed by atoms with van der Waals surface area (Å²) >= 11 is 7.93. The van der Waals surface area contributed by atoms with Gasteiger partial charge in [-0.2, -0.15) is 0 Å². The highest BCUT2D eigenvalue weighted by molar-refractivity contribution is 8.02. The summed E-state index contributed by atoms with van der Waals surface area (Å²) in [5, 5.41) is 10.1. The minimum Gasteiger partial charge on any atom is -0.465 e. The van der Waals surface area contributed by atoms with Gasteiger partial charge in [-0.15, -0.1) is 11.8 Å². The van der Waals surface area contributed by atoms with Crippen LogP contribution in [-0.2, 0) is 19.1 Å². The van der Waals surface area contributed by atoms with Crippen molar-refractivity contribution in [1.29, 1.82) is 0 Å². The van der Waals surface area contributed by atoms with E-state index in [2.05, 4.69) is 0 Å². The number of allylic oxidation sites excluding steroid dienone is 1. The summed E-state index contributed by atoms with van der Waals surface area (Å²) in [6.07, 6.45) is 9.38. The van der Waals surface area contributed by atoms with Crippen molar-refractivity contribution in [2.24, 2.45) is 11.8 Å². The highest BCUT2D eigenvalue weighted by atomic mass is 35.5. The number of halogens is 1. The molecule has 2 saturated heterocycles. The smallest absolute Gasteiger partial charge is 0.311 e. The van der Waals surface area contributed by atoms with Crippen molar-refractivity contribution in [3.8, 4) is 0 Å². The zero-order valence-corrected chi connectivity index (χ0v) is 20.4. The van der Waals surface area contributed by atoms with E-state index in [1.165, 1.54) is 16.7 Å². The molecule has 2 fully saturated rings. The lowest BCUT2D eigenvalue weighted by Crippen LogP contribution is -2.56. The van der Waals surface area contributed by atoms with Crippen LogP contribution in [0.5, 0.6) is 0 Å². The molecule has 2 amide bonds. The van der Waals surface area contributed by atoms with Gasteiger partial charge in [-0.1, -0.05) is 48.0 Å². The summed E-state index contributed by atoms with van der Waals surface area (Å²) in [5.41, 5.74) is 0.563. The largest absolute Gasteiger partial charge is 0.465 e. The van der Waals surface area contributed by atoms with Crippen LogP contribution in [0.3, 0.4) is 0 Å². The second-order valence-electron chi connectivity index (χ2n) is 9.16. The van der Waals surface area contributed by atoms with Crippen LogP contribution >= 0.6 is 23.4 Å². The minimum absolute atomic E-state index is 0.273. The summed E-state index contributed by atoms with van der Waals surface area (Å²) in [6.45, 7) is 2.02. The van der Waals surface area contributed by atoms with Crippen LogP contribution in [0, 0.1) is 11.8 Å². The van der Waals surface area contributed by atoms with Gasteiger partial charge in [0, 0.05) is 11.8 Å². The predicted octanol–water partition coefficient (Wildman–Crippen LogP) is 2.81. The van der Waals surface area contributed by atoms with Crippen molar-refractivity contribution in [1.82, 2.24) is 4.90 Å². The van der Waals surface area contributed by atoms with Crippen LogP contribution in [0.2, 0.25) is 5.02 Å². The van der Waals surface area contributed by atoms with Gasteiger partial charge in [0.25, 0.3) is 5.91 Å². The summed E-state index contributed by atoms with van der Waals surface area (Å²) in [7, 11) is 0. The van der Waals surface area contributed by atoms with Gasteiger partial charge < -0.3 is 19.6 Å². The Hall–Kier alpha value is -2.29. The average Bonchev–Trinajstić information content (AvgIpc) is 3.24. The van der Waals surface area contributed by atoms with Crippen molar-refractivity contribution in [3.63, 3.8) is 0 Å². The Morgan fingerprint density at radius 2 is 2.03 bits per heavy atom. The molecule has 1 unspecified atom stereocenters. The number of aliphatic hydroxyl groups excluding tert-OH is 1. The van der Waals surface area contributed by atoms with Crippen molar-refractivity contribution >= 4 is 46.8 Å². The summed E-state index contributed by atoms with van der Waals surface area (Å²) in [6, 6.07) is 5.63. The van der Waals surface area contributed by atoms with Crippen molar-refractivity contribution in [3.05, 3.63) is 53.6 Å². The maximum absolute atomic E-state index is 14.2. The Morgan fingerprint density at radius 3 is 2.79 bits per heavy atom. The van der Waals surface area contributed by atoms with Gasteiger partial charge in [-0.25, -0.2) is 0 Å². The lowest BCUT2D eigenvalue weighted by atomic mass is 9.78. The molecule has 0 bridgehead atoms. The lowest BCUT2D eigenvalue weighted by Gasteiger charge is -2.37. The third-order valence-electron chi connectivity index (χ3n) is 7.17. The zero-order chi connectivity index (χ0) is 24.0. The number of hydrogen-bond donors (Lipinski definition) is 1. The molecular weight excluding hydrogens is 476 g/mol. The number of rotatable bonds is 3. The normalized spacial score (nSPS) is 34.9. The summed E-state index contributed by atoms with van der Waals surface area (Å²) in [5.74, 6) is -2.43. The fourth-order valence-electron chi connectivity index (χ4n) is 5.64. The number of hydrogen-bond acceptors (Lipinski definition) is 6.